The van der Waals surface area contributed by atoms with Gasteiger partial charge < -0.3 is 5.32 Å². The highest BCUT2D eigenvalue weighted by molar-refractivity contribution is 9.10. The van der Waals surface area contributed by atoms with Crippen molar-refractivity contribution in [3.8, 4) is 0 Å². The van der Waals surface area contributed by atoms with Crippen molar-refractivity contribution < 1.29 is 4.79 Å². The number of rotatable bonds is 0. The first-order valence-corrected chi connectivity index (χ1v) is 6.14. The first-order valence-electron chi connectivity index (χ1n) is 5.22. The standard InChI is InChI=1S/C10H18BrNO/c11-9-7-5-3-1-2-4-6-8-12-10(9)13/h9H,1-8H2,(H,12,13). The van der Waals surface area contributed by atoms with E-state index in [1.807, 2.05) is 0 Å². The first-order chi connectivity index (χ1) is 6.30. The van der Waals surface area contributed by atoms with Gasteiger partial charge in [-0.3, -0.25) is 4.79 Å². The van der Waals surface area contributed by atoms with Crippen LogP contribution in [0.5, 0.6) is 0 Å². The number of carbonyl (C=O) groups is 1. The van der Waals surface area contributed by atoms with Gasteiger partial charge in [-0.2, -0.15) is 0 Å². The minimum Gasteiger partial charge on any atom is -0.355 e. The molecule has 1 unspecified atom stereocenters. The summed E-state index contributed by atoms with van der Waals surface area (Å²) in [6.07, 6.45) is 8.46. The molecule has 1 rings (SSSR count). The van der Waals surface area contributed by atoms with Gasteiger partial charge in [-0.05, 0) is 12.8 Å². The summed E-state index contributed by atoms with van der Waals surface area (Å²) >= 11 is 3.41. The first kappa shape index (κ1) is 11.0. The zero-order valence-corrected chi connectivity index (χ0v) is 9.61. The molecule has 2 nitrogen and oxygen atoms in total. The highest BCUT2D eigenvalue weighted by atomic mass is 79.9. The molecule has 0 aromatic heterocycles. The molecule has 1 amide bonds. The fourth-order valence-electron chi connectivity index (χ4n) is 1.61. The zero-order chi connectivity index (χ0) is 9.52. The predicted octanol–water partition coefficient (Wildman–Crippen LogP) is 2.61. The van der Waals surface area contributed by atoms with Crippen LogP contribution >= 0.6 is 15.9 Å². The molecule has 13 heavy (non-hydrogen) atoms. The fraction of sp³-hybridized carbons (Fsp3) is 0.900. The summed E-state index contributed by atoms with van der Waals surface area (Å²) in [4.78, 5) is 11.4. The van der Waals surface area contributed by atoms with Crippen molar-refractivity contribution in [1.82, 2.24) is 5.32 Å². The van der Waals surface area contributed by atoms with Gasteiger partial charge >= 0.3 is 0 Å². The number of carbonyl (C=O) groups excluding carboxylic acids is 1. The van der Waals surface area contributed by atoms with Crippen LogP contribution in [0.2, 0.25) is 0 Å². The molecule has 76 valence electrons. The molecular weight excluding hydrogens is 230 g/mol. The van der Waals surface area contributed by atoms with Gasteiger partial charge in [0.05, 0.1) is 4.83 Å². The number of hydrogen-bond acceptors (Lipinski definition) is 1. The molecule has 0 bridgehead atoms. The molecule has 1 heterocycles. The summed E-state index contributed by atoms with van der Waals surface area (Å²) in [5.74, 6) is 0.168. The van der Waals surface area contributed by atoms with E-state index in [2.05, 4.69) is 21.2 Å². The minimum absolute atomic E-state index is 0.0330. The van der Waals surface area contributed by atoms with Gasteiger partial charge in [-0.1, -0.05) is 48.0 Å². The molecule has 0 spiro atoms. The Kier molecular flexibility index (Phi) is 5.44. The second kappa shape index (κ2) is 6.41. The molecule has 1 fully saturated rings. The summed E-state index contributed by atoms with van der Waals surface area (Å²) in [6, 6.07) is 0. The summed E-state index contributed by atoms with van der Waals surface area (Å²) in [5.41, 5.74) is 0. The van der Waals surface area contributed by atoms with Crippen LogP contribution in [-0.4, -0.2) is 17.3 Å². The van der Waals surface area contributed by atoms with E-state index in [0.29, 0.717) is 0 Å². The average Bonchev–Trinajstić information content (AvgIpc) is 2.16. The van der Waals surface area contributed by atoms with E-state index in [1.54, 1.807) is 0 Å². The molecule has 1 atom stereocenters. The molecule has 0 radical (unpaired) electrons. The molecule has 1 aliphatic rings. The van der Waals surface area contributed by atoms with E-state index in [4.69, 9.17) is 0 Å². The lowest BCUT2D eigenvalue weighted by Crippen LogP contribution is -2.31. The maximum absolute atomic E-state index is 11.4. The van der Waals surface area contributed by atoms with Crippen molar-refractivity contribution >= 4 is 21.8 Å². The molecule has 0 saturated carbocycles. The van der Waals surface area contributed by atoms with Gasteiger partial charge in [0.25, 0.3) is 0 Å². The van der Waals surface area contributed by atoms with E-state index in [-0.39, 0.29) is 10.7 Å². The Labute approximate surface area is 88.6 Å². The van der Waals surface area contributed by atoms with E-state index in [1.165, 1.54) is 32.1 Å². The van der Waals surface area contributed by atoms with Crippen molar-refractivity contribution in [3.05, 3.63) is 0 Å². The van der Waals surface area contributed by atoms with Crippen LogP contribution in [-0.2, 0) is 4.79 Å². The molecule has 3 heteroatoms. The Balaban J connectivity index is 2.31. The molecule has 0 aromatic carbocycles. The van der Waals surface area contributed by atoms with Gasteiger partial charge in [0.2, 0.25) is 5.91 Å². The maximum Gasteiger partial charge on any atom is 0.233 e. The van der Waals surface area contributed by atoms with Gasteiger partial charge in [-0.25, -0.2) is 0 Å². The lowest BCUT2D eigenvalue weighted by atomic mass is 10.1. The van der Waals surface area contributed by atoms with Gasteiger partial charge in [-0.15, -0.1) is 0 Å². The minimum atomic E-state index is 0.0330. The number of halogens is 1. The summed E-state index contributed by atoms with van der Waals surface area (Å²) in [5, 5.41) is 2.94. The zero-order valence-electron chi connectivity index (χ0n) is 8.02. The largest absolute Gasteiger partial charge is 0.355 e. The normalized spacial score (nSPS) is 27.5. The Morgan fingerprint density at radius 2 is 1.69 bits per heavy atom. The molecule has 1 N–H and O–H groups in total. The monoisotopic (exact) mass is 247 g/mol. The number of nitrogens with one attached hydrogen (secondary N) is 1. The van der Waals surface area contributed by atoms with E-state index < -0.39 is 0 Å². The topological polar surface area (TPSA) is 29.1 Å². The third-order valence-corrected chi connectivity index (χ3v) is 3.34. The molecule has 0 aromatic rings. The van der Waals surface area contributed by atoms with Crippen molar-refractivity contribution in [3.63, 3.8) is 0 Å². The number of hydrogen-bond donors (Lipinski definition) is 1. The second-order valence-electron chi connectivity index (χ2n) is 3.67. The molecule has 1 aliphatic heterocycles. The van der Waals surface area contributed by atoms with Crippen LogP contribution in [0, 0.1) is 0 Å². The van der Waals surface area contributed by atoms with Gasteiger partial charge in [0, 0.05) is 6.54 Å². The average molecular weight is 248 g/mol. The van der Waals surface area contributed by atoms with Crippen LogP contribution < -0.4 is 5.32 Å². The van der Waals surface area contributed by atoms with Crippen LogP contribution in [0.3, 0.4) is 0 Å². The Hall–Kier alpha value is -0.0500. The lowest BCUT2D eigenvalue weighted by Gasteiger charge is -2.08. The van der Waals surface area contributed by atoms with Crippen LogP contribution in [0.1, 0.15) is 44.9 Å². The second-order valence-corrected chi connectivity index (χ2v) is 4.77. The molecule has 1 saturated heterocycles. The van der Waals surface area contributed by atoms with Gasteiger partial charge in [0.15, 0.2) is 0 Å². The molecule has 0 aliphatic carbocycles. The third-order valence-electron chi connectivity index (χ3n) is 2.47. The summed E-state index contributed by atoms with van der Waals surface area (Å²) in [7, 11) is 0. The van der Waals surface area contributed by atoms with Crippen molar-refractivity contribution in [2.24, 2.45) is 0 Å². The highest BCUT2D eigenvalue weighted by Crippen LogP contribution is 2.14. The molecular formula is C10H18BrNO. The Bertz CT molecular complexity index is 161. The third kappa shape index (κ3) is 4.65. The predicted molar refractivity (Wildman–Crippen MR) is 58.0 cm³/mol. The summed E-state index contributed by atoms with van der Waals surface area (Å²) in [6.45, 7) is 0.848. The van der Waals surface area contributed by atoms with Crippen LogP contribution in [0.15, 0.2) is 0 Å². The van der Waals surface area contributed by atoms with Crippen molar-refractivity contribution in [1.29, 1.82) is 0 Å². The smallest absolute Gasteiger partial charge is 0.233 e. The van der Waals surface area contributed by atoms with E-state index in [9.17, 15) is 4.79 Å². The quantitative estimate of drug-likeness (QED) is 0.656. The van der Waals surface area contributed by atoms with Gasteiger partial charge in [0.1, 0.15) is 0 Å². The SMILES string of the molecule is O=C1NCCCCCCCCC1Br. The van der Waals surface area contributed by atoms with Crippen molar-refractivity contribution in [2.75, 3.05) is 6.54 Å². The number of alkyl halides is 1. The Morgan fingerprint density at radius 1 is 1.08 bits per heavy atom. The summed E-state index contributed by atoms with van der Waals surface area (Å²) < 4.78 is 0. The van der Waals surface area contributed by atoms with E-state index in [0.717, 1.165) is 19.4 Å². The Morgan fingerprint density at radius 3 is 2.46 bits per heavy atom. The van der Waals surface area contributed by atoms with E-state index >= 15 is 0 Å². The lowest BCUT2D eigenvalue weighted by molar-refractivity contribution is -0.120. The van der Waals surface area contributed by atoms with Crippen LogP contribution in [0.4, 0.5) is 0 Å². The number of amides is 1. The maximum atomic E-state index is 11.4. The van der Waals surface area contributed by atoms with Crippen molar-refractivity contribution in [2.45, 2.75) is 49.8 Å². The highest BCUT2D eigenvalue weighted by Gasteiger charge is 2.13. The van der Waals surface area contributed by atoms with Crippen LogP contribution in [0.25, 0.3) is 0 Å². The fourth-order valence-corrected chi connectivity index (χ4v) is 2.09.